The van der Waals surface area contributed by atoms with Crippen LogP contribution in [0, 0.1) is 5.92 Å². The van der Waals surface area contributed by atoms with Crippen LogP contribution >= 0.6 is 0 Å². The Morgan fingerprint density at radius 3 is 2.45 bits per heavy atom. The van der Waals surface area contributed by atoms with E-state index in [1.807, 2.05) is 0 Å². The van der Waals surface area contributed by atoms with Crippen molar-refractivity contribution in [2.24, 2.45) is 5.92 Å². The molecule has 0 amide bonds. The zero-order valence-electron chi connectivity index (χ0n) is 13.6. The Hall–Kier alpha value is -0.860. The molecular formula is C18H31NO. The average molecular weight is 277 g/mol. The second-order valence-corrected chi connectivity index (χ2v) is 5.89. The van der Waals surface area contributed by atoms with Crippen molar-refractivity contribution >= 4 is 0 Å². The van der Waals surface area contributed by atoms with E-state index in [1.165, 1.54) is 24.8 Å². The summed E-state index contributed by atoms with van der Waals surface area (Å²) in [6.07, 6.45) is 3.65. The highest BCUT2D eigenvalue weighted by atomic mass is 16.5. The molecule has 0 radical (unpaired) electrons. The predicted molar refractivity (Wildman–Crippen MR) is 87.2 cm³/mol. The lowest BCUT2D eigenvalue weighted by atomic mass is 9.71. The summed E-state index contributed by atoms with van der Waals surface area (Å²) in [5, 5.41) is 3.58. The molecule has 0 aromatic heterocycles. The Labute approximate surface area is 124 Å². The van der Waals surface area contributed by atoms with Gasteiger partial charge in [-0.3, -0.25) is 0 Å². The zero-order chi connectivity index (χ0) is 14.8. The standard InChI is InChI=1S/C18H31NO/c1-5-16(3)14-18(6-2,15-19-12-13-20-4)17-10-8-7-9-11-17/h7-11,16,19H,5-6,12-15H2,1-4H3. The first-order chi connectivity index (χ1) is 9.68. The van der Waals surface area contributed by atoms with Gasteiger partial charge in [-0.2, -0.15) is 0 Å². The molecule has 0 aliphatic rings. The lowest BCUT2D eigenvalue weighted by Gasteiger charge is -2.36. The van der Waals surface area contributed by atoms with Crippen LogP contribution in [-0.4, -0.2) is 26.8 Å². The summed E-state index contributed by atoms with van der Waals surface area (Å²) < 4.78 is 5.14. The first kappa shape index (κ1) is 17.2. The van der Waals surface area contributed by atoms with Gasteiger partial charge in [0.2, 0.25) is 0 Å². The molecule has 0 saturated carbocycles. The SMILES string of the molecule is CCC(C)CC(CC)(CNCCOC)c1ccccc1. The predicted octanol–water partition coefficient (Wildman–Crippen LogP) is 4.01. The van der Waals surface area contributed by atoms with Gasteiger partial charge in [-0.15, -0.1) is 0 Å². The highest BCUT2D eigenvalue weighted by Gasteiger charge is 2.31. The van der Waals surface area contributed by atoms with E-state index in [1.54, 1.807) is 7.11 Å². The summed E-state index contributed by atoms with van der Waals surface area (Å²) in [5.41, 5.74) is 1.71. The second kappa shape index (κ2) is 9.15. The van der Waals surface area contributed by atoms with Crippen LogP contribution < -0.4 is 5.32 Å². The van der Waals surface area contributed by atoms with Crippen LogP contribution in [0.3, 0.4) is 0 Å². The summed E-state index contributed by atoms with van der Waals surface area (Å²) in [6, 6.07) is 11.0. The third-order valence-electron chi connectivity index (χ3n) is 4.45. The molecule has 2 unspecified atom stereocenters. The fourth-order valence-corrected chi connectivity index (χ4v) is 2.87. The van der Waals surface area contributed by atoms with Crippen molar-refractivity contribution in [3.63, 3.8) is 0 Å². The van der Waals surface area contributed by atoms with E-state index >= 15 is 0 Å². The quantitative estimate of drug-likeness (QED) is 0.653. The van der Waals surface area contributed by atoms with Crippen molar-refractivity contribution in [1.82, 2.24) is 5.32 Å². The van der Waals surface area contributed by atoms with E-state index in [0.717, 1.165) is 25.6 Å². The minimum atomic E-state index is 0.241. The Balaban J connectivity index is 2.85. The van der Waals surface area contributed by atoms with E-state index in [4.69, 9.17) is 4.74 Å². The zero-order valence-corrected chi connectivity index (χ0v) is 13.6. The molecule has 1 aromatic rings. The number of hydrogen-bond donors (Lipinski definition) is 1. The molecule has 1 rings (SSSR count). The molecule has 0 heterocycles. The first-order valence-corrected chi connectivity index (χ1v) is 7.93. The summed E-state index contributed by atoms with van der Waals surface area (Å²) in [7, 11) is 1.76. The Kier molecular flexibility index (Phi) is 7.86. The molecule has 0 bridgehead atoms. The topological polar surface area (TPSA) is 21.3 Å². The fourth-order valence-electron chi connectivity index (χ4n) is 2.87. The van der Waals surface area contributed by atoms with Crippen LogP contribution in [0.15, 0.2) is 30.3 Å². The number of hydrogen-bond acceptors (Lipinski definition) is 2. The maximum Gasteiger partial charge on any atom is 0.0587 e. The molecule has 1 aromatic carbocycles. The minimum Gasteiger partial charge on any atom is -0.383 e. The van der Waals surface area contributed by atoms with Gasteiger partial charge in [0, 0.05) is 25.6 Å². The lowest BCUT2D eigenvalue weighted by Crippen LogP contribution is -2.40. The van der Waals surface area contributed by atoms with Gasteiger partial charge in [0.1, 0.15) is 0 Å². The molecular weight excluding hydrogens is 246 g/mol. The van der Waals surface area contributed by atoms with Gasteiger partial charge in [-0.25, -0.2) is 0 Å². The number of methoxy groups -OCH3 is 1. The maximum atomic E-state index is 5.14. The number of nitrogens with one attached hydrogen (secondary N) is 1. The second-order valence-electron chi connectivity index (χ2n) is 5.89. The van der Waals surface area contributed by atoms with E-state index in [2.05, 4.69) is 56.4 Å². The highest BCUT2D eigenvalue weighted by Crippen LogP contribution is 2.35. The van der Waals surface area contributed by atoms with E-state index in [9.17, 15) is 0 Å². The van der Waals surface area contributed by atoms with Gasteiger partial charge in [0.25, 0.3) is 0 Å². The first-order valence-electron chi connectivity index (χ1n) is 7.93. The molecule has 2 nitrogen and oxygen atoms in total. The Bertz CT molecular complexity index is 352. The third kappa shape index (κ3) is 4.92. The molecule has 0 aliphatic carbocycles. The van der Waals surface area contributed by atoms with E-state index < -0.39 is 0 Å². The molecule has 0 spiro atoms. The lowest BCUT2D eigenvalue weighted by molar-refractivity contribution is 0.193. The molecule has 114 valence electrons. The number of ether oxygens (including phenoxy) is 1. The minimum absolute atomic E-state index is 0.241. The third-order valence-corrected chi connectivity index (χ3v) is 4.45. The van der Waals surface area contributed by atoms with Crippen molar-refractivity contribution in [2.75, 3.05) is 26.8 Å². The summed E-state index contributed by atoms with van der Waals surface area (Å²) >= 11 is 0. The average Bonchev–Trinajstić information content (AvgIpc) is 2.51. The van der Waals surface area contributed by atoms with Gasteiger partial charge >= 0.3 is 0 Å². The smallest absolute Gasteiger partial charge is 0.0587 e. The molecule has 0 fully saturated rings. The normalized spacial score (nSPS) is 15.8. The number of rotatable bonds is 10. The van der Waals surface area contributed by atoms with Crippen molar-refractivity contribution < 1.29 is 4.74 Å². The molecule has 2 heteroatoms. The van der Waals surface area contributed by atoms with Gasteiger partial charge in [0.05, 0.1) is 6.61 Å². The Morgan fingerprint density at radius 1 is 1.20 bits per heavy atom. The molecule has 1 N–H and O–H groups in total. The molecule has 20 heavy (non-hydrogen) atoms. The number of benzene rings is 1. The highest BCUT2D eigenvalue weighted by molar-refractivity contribution is 5.26. The maximum absolute atomic E-state index is 5.14. The van der Waals surface area contributed by atoms with Crippen molar-refractivity contribution in [1.29, 1.82) is 0 Å². The van der Waals surface area contributed by atoms with Crippen LogP contribution in [0.4, 0.5) is 0 Å². The van der Waals surface area contributed by atoms with Crippen LogP contribution in [0.2, 0.25) is 0 Å². The van der Waals surface area contributed by atoms with Crippen molar-refractivity contribution in [3.05, 3.63) is 35.9 Å². The molecule has 0 saturated heterocycles. The monoisotopic (exact) mass is 277 g/mol. The van der Waals surface area contributed by atoms with E-state index in [-0.39, 0.29) is 5.41 Å². The van der Waals surface area contributed by atoms with Crippen LogP contribution in [0.25, 0.3) is 0 Å². The van der Waals surface area contributed by atoms with Crippen molar-refractivity contribution in [2.45, 2.75) is 45.4 Å². The Morgan fingerprint density at radius 2 is 1.90 bits per heavy atom. The summed E-state index contributed by atoms with van der Waals surface area (Å²) in [5.74, 6) is 0.749. The van der Waals surface area contributed by atoms with Crippen molar-refractivity contribution in [3.8, 4) is 0 Å². The summed E-state index contributed by atoms with van der Waals surface area (Å²) in [4.78, 5) is 0. The van der Waals surface area contributed by atoms with Crippen LogP contribution in [0.1, 0.15) is 45.6 Å². The van der Waals surface area contributed by atoms with Gasteiger partial charge in [0.15, 0.2) is 0 Å². The van der Waals surface area contributed by atoms with Gasteiger partial charge < -0.3 is 10.1 Å². The molecule has 0 aliphatic heterocycles. The van der Waals surface area contributed by atoms with Gasteiger partial charge in [-0.05, 0) is 24.3 Å². The van der Waals surface area contributed by atoms with Gasteiger partial charge in [-0.1, -0.05) is 57.5 Å². The van der Waals surface area contributed by atoms with Crippen LogP contribution in [0.5, 0.6) is 0 Å². The molecule has 2 atom stereocenters. The fraction of sp³-hybridized carbons (Fsp3) is 0.667. The summed E-state index contributed by atoms with van der Waals surface area (Å²) in [6.45, 7) is 9.69. The van der Waals surface area contributed by atoms with E-state index in [0.29, 0.717) is 0 Å². The van der Waals surface area contributed by atoms with Crippen LogP contribution in [-0.2, 0) is 10.2 Å². The largest absolute Gasteiger partial charge is 0.383 e.